The topological polar surface area (TPSA) is 31.4 Å². The lowest BCUT2D eigenvalue weighted by molar-refractivity contribution is 0.252. The largest absolute Gasteiger partial charge is 0.357 e. The highest BCUT2D eigenvalue weighted by atomic mass is 15.2. The van der Waals surface area contributed by atoms with Gasteiger partial charge >= 0.3 is 0 Å². The Labute approximate surface area is 123 Å². The van der Waals surface area contributed by atoms with Gasteiger partial charge in [-0.25, -0.2) is 4.98 Å². The van der Waals surface area contributed by atoms with Gasteiger partial charge in [-0.1, -0.05) is 6.92 Å². The Morgan fingerprint density at radius 1 is 1.35 bits per heavy atom. The molecule has 0 aromatic carbocycles. The lowest BCUT2D eigenvalue weighted by Gasteiger charge is -2.36. The molecule has 4 heteroatoms. The van der Waals surface area contributed by atoms with Crippen molar-refractivity contribution >= 4 is 5.82 Å². The zero-order valence-electron chi connectivity index (χ0n) is 13.3. The molecule has 2 heterocycles. The van der Waals surface area contributed by atoms with Crippen molar-refractivity contribution in [3.8, 4) is 0 Å². The van der Waals surface area contributed by atoms with Gasteiger partial charge in [-0.3, -0.25) is 0 Å². The van der Waals surface area contributed by atoms with Gasteiger partial charge in [0.2, 0.25) is 0 Å². The van der Waals surface area contributed by atoms with Crippen molar-refractivity contribution in [2.75, 3.05) is 38.6 Å². The Morgan fingerprint density at radius 3 is 2.70 bits per heavy atom. The molecule has 1 saturated heterocycles. The number of aromatic nitrogens is 1. The summed E-state index contributed by atoms with van der Waals surface area (Å²) in [6.45, 7) is 8.52. The number of hydrogen-bond donors (Lipinski definition) is 1. The molecule has 20 heavy (non-hydrogen) atoms. The van der Waals surface area contributed by atoms with E-state index in [4.69, 9.17) is 4.98 Å². The minimum atomic E-state index is 0.618. The van der Waals surface area contributed by atoms with Gasteiger partial charge in [-0.15, -0.1) is 0 Å². The molecule has 112 valence electrons. The Morgan fingerprint density at radius 2 is 2.05 bits per heavy atom. The molecule has 1 aromatic rings. The van der Waals surface area contributed by atoms with Gasteiger partial charge < -0.3 is 15.1 Å². The highest BCUT2D eigenvalue weighted by molar-refractivity contribution is 5.43. The number of anilines is 1. The summed E-state index contributed by atoms with van der Waals surface area (Å²) >= 11 is 0. The van der Waals surface area contributed by atoms with E-state index in [2.05, 4.69) is 55.2 Å². The minimum absolute atomic E-state index is 0.618. The number of likely N-dealkylation sites (tertiary alicyclic amines) is 1. The normalized spacial score (nSPS) is 17.4. The van der Waals surface area contributed by atoms with Gasteiger partial charge in [0.05, 0.1) is 0 Å². The molecule has 0 amide bonds. The molecule has 1 aliphatic rings. The van der Waals surface area contributed by atoms with Gasteiger partial charge in [-0.05, 0) is 64.1 Å². The number of pyridine rings is 1. The van der Waals surface area contributed by atoms with Crippen LogP contribution in [0.1, 0.15) is 31.0 Å². The first-order chi connectivity index (χ1) is 9.60. The van der Waals surface area contributed by atoms with Crippen molar-refractivity contribution in [1.29, 1.82) is 0 Å². The number of rotatable bonds is 5. The van der Waals surface area contributed by atoms with E-state index in [1.54, 1.807) is 0 Å². The van der Waals surface area contributed by atoms with Crippen LogP contribution in [-0.4, -0.2) is 49.7 Å². The van der Waals surface area contributed by atoms with Crippen molar-refractivity contribution < 1.29 is 0 Å². The molecule has 0 spiro atoms. The summed E-state index contributed by atoms with van der Waals surface area (Å²) in [6, 6.07) is 5.02. The van der Waals surface area contributed by atoms with Crippen LogP contribution in [-0.2, 0) is 6.54 Å². The van der Waals surface area contributed by atoms with Gasteiger partial charge in [0.25, 0.3) is 0 Å². The summed E-state index contributed by atoms with van der Waals surface area (Å²) < 4.78 is 0. The lowest BCUT2D eigenvalue weighted by atomic mass is 10.0. The van der Waals surface area contributed by atoms with Gasteiger partial charge in [-0.2, -0.15) is 0 Å². The fourth-order valence-electron chi connectivity index (χ4n) is 2.84. The van der Waals surface area contributed by atoms with Crippen LogP contribution in [0.3, 0.4) is 0 Å². The average molecular weight is 276 g/mol. The molecule has 2 rings (SSSR count). The number of piperidine rings is 1. The van der Waals surface area contributed by atoms with Crippen molar-refractivity contribution in [3.63, 3.8) is 0 Å². The number of nitrogens with one attached hydrogen (secondary N) is 1. The summed E-state index contributed by atoms with van der Waals surface area (Å²) in [7, 11) is 4.39. The summed E-state index contributed by atoms with van der Waals surface area (Å²) in [4.78, 5) is 9.50. The summed E-state index contributed by atoms with van der Waals surface area (Å²) in [5.41, 5.74) is 2.43. The zero-order chi connectivity index (χ0) is 14.5. The smallest absolute Gasteiger partial charge is 0.129 e. The van der Waals surface area contributed by atoms with Crippen LogP contribution >= 0.6 is 0 Å². The van der Waals surface area contributed by atoms with Crippen LogP contribution in [0.2, 0.25) is 0 Å². The highest BCUT2D eigenvalue weighted by Gasteiger charge is 2.21. The lowest BCUT2D eigenvalue weighted by Crippen LogP contribution is -2.42. The molecule has 4 nitrogen and oxygen atoms in total. The maximum absolute atomic E-state index is 4.72. The summed E-state index contributed by atoms with van der Waals surface area (Å²) in [6.07, 6.45) is 2.45. The standard InChI is InChI=1S/C16H28N4/c1-5-17-12-14-10-13(2)18-16(11-14)20(4)15-6-8-19(3)9-7-15/h10-11,15,17H,5-9,12H2,1-4H3. The number of nitrogens with zero attached hydrogens (tertiary/aromatic N) is 3. The molecule has 1 aromatic heterocycles. The van der Waals surface area contributed by atoms with E-state index in [-0.39, 0.29) is 0 Å². The predicted octanol–water partition coefficient (Wildman–Crippen LogP) is 2.03. The molecule has 0 saturated carbocycles. The first-order valence-electron chi connectivity index (χ1n) is 7.69. The Bertz CT molecular complexity index is 424. The molecule has 1 aliphatic heterocycles. The molecular weight excluding hydrogens is 248 g/mol. The third-order valence-electron chi connectivity index (χ3n) is 4.18. The van der Waals surface area contributed by atoms with Gasteiger partial charge in [0.1, 0.15) is 5.82 Å². The second kappa shape index (κ2) is 7.04. The molecule has 0 radical (unpaired) electrons. The van der Waals surface area contributed by atoms with E-state index in [0.717, 1.165) is 24.6 Å². The molecule has 0 aliphatic carbocycles. The first kappa shape index (κ1) is 15.3. The Kier molecular flexibility index (Phi) is 5.38. The first-order valence-corrected chi connectivity index (χ1v) is 7.69. The van der Waals surface area contributed by atoms with Crippen LogP contribution < -0.4 is 10.2 Å². The van der Waals surface area contributed by atoms with Gasteiger partial charge in [0.15, 0.2) is 0 Å². The number of hydrogen-bond acceptors (Lipinski definition) is 4. The van der Waals surface area contributed by atoms with Crippen molar-refractivity contribution in [1.82, 2.24) is 15.2 Å². The molecule has 1 N–H and O–H groups in total. The van der Waals surface area contributed by atoms with Crippen LogP contribution in [0.4, 0.5) is 5.82 Å². The molecular formula is C16H28N4. The second-order valence-corrected chi connectivity index (χ2v) is 5.90. The van der Waals surface area contributed by atoms with Crippen molar-refractivity contribution in [2.45, 2.75) is 39.3 Å². The van der Waals surface area contributed by atoms with E-state index in [1.807, 2.05) is 0 Å². The quantitative estimate of drug-likeness (QED) is 0.891. The second-order valence-electron chi connectivity index (χ2n) is 5.90. The van der Waals surface area contributed by atoms with Crippen LogP contribution in [0.15, 0.2) is 12.1 Å². The minimum Gasteiger partial charge on any atom is -0.357 e. The SMILES string of the molecule is CCNCc1cc(C)nc(N(C)C2CCN(C)CC2)c1. The van der Waals surface area contributed by atoms with Crippen LogP contribution in [0, 0.1) is 6.92 Å². The van der Waals surface area contributed by atoms with Gasteiger partial charge in [0, 0.05) is 25.3 Å². The average Bonchev–Trinajstić information content (AvgIpc) is 2.44. The molecule has 0 unspecified atom stereocenters. The highest BCUT2D eigenvalue weighted by Crippen LogP contribution is 2.21. The summed E-state index contributed by atoms with van der Waals surface area (Å²) in [5.74, 6) is 1.12. The molecule has 1 fully saturated rings. The van der Waals surface area contributed by atoms with Crippen LogP contribution in [0.25, 0.3) is 0 Å². The maximum Gasteiger partial charge on any atom is 0.129 e. The van der Waals surface area contributed by atoms with Crippen molar-refractivity contribution in [3.05, 3.63) is 23.4 Å². The molecule has 0 atom stereocenters. The number of aryl methyl sites for hydroxylation is 1. The summed E-state index contributed by atoms with van der Waals surface area (Å²) in [5, 5.41) is 3.39. The third kappa shape index (κ3) is 3.93. The Balaban J connectivity index is 2.08. The molecule has 0 bridgehead atoms. The van der Waals surface area contributed by atoms with E-state index in [1.165, 1.54) is 31.5 Å². The zero-order valence-corrected chi connectivity index (χ0v) is 13.3. The van der Waals surface area contributed by atoms with Crippen LogP contribution in [0.5, 0.6) is 0 Å². The Hall–Kier alpha value is -1.13. The predicted molar refractivity (Wildman–Crippen MR) is 85.3 cm³/mol. The maximum atomic E-state index is 4.72. The van der Waals surface area contributed by atoms with E-state index >= 15 is 0 Å². The van der Waals surface area contributed by atoms with Crippen molar-refractivity contribution in [2.24, 2.45) is 0 Å². The monoisotopic (exact) mass is 276 g/mol. The van der Waals surface area contributed by atoms with E-state index in [9.17, 15) is 0 Å². The van der Waals surface area contributed by atoms with E-state index in [0.29, 0.717) is 6.04 Å². The third-order valence-corrected chi connectivity index (χ3v) is 4.18. The fourth-order valence-corrected chi connectivity index (χ4v) is 2.84. The fraction of sp³-hybridized carbons (Fsp3) is 0.688. The van der Waals surface area contributed by atoms with E-state index < -0.39 is 0 Å².